The Hall–Kier alpha value is -1.29. The van der Waals surface area contributed by atoms with Gasteiger partial charge in [0.2, 0.25) is 0 Å². The first-order valence-corrected chi connectivity index (χ1v) is 8.46. The normalized spacial score (nSPS) is 16.0. The Labute approximate surface area is 127 Å². The lowest BCUT2D eigenvalue weighted by atomic mass is 10.2. The van der Waals surface area contributed by atoms with E-state index in [1.54, 1.807) is 11.4 Å². The Morgan fingerprint density at radius 2 is 2.00 bits per heavy atom. The van der Waals surface area contributed by atoms with Crippen LogP contribution < -0.4 is 4.72 Å². The summed E-state index contributed by atoms with van der Waals surface area (Å²) in [7, 11) is -3.94. The molecule has 0 aliphatic rings. The summed E-state index contributed by atoms with van der Waals surface area (Å²) in [6.45, 7) is 3.86. The van der Waals surface area contributed by atoms with Crippen LogP contribution in [0.3, 0.4) is 0 Å². The zero-order chi connectivity index (χ0) is 16.2. The molecule has 1 rings (SSSR count). The van der Waals surface area contributed by atoms with E-state index in [2.05, 4.69) is 4.72 Å². The summed E-state index contributed by atoms with van der Waals surface area (Å²) in [4.78, 5) is 23.0. The lowest BCUT2D eigenvalue weighted by Gasteiger charge is -2.21. The van der Waals surface area contributed by atoms with E-state index < -0.39 is 34.2 Å². The third-order valence-corrected chi connectivity index (χ3v) is 5.48. The summed E-state index contributed by atoms with van der Waals surface area (Å²) >= 11 is 0.976. The first kappa shape index (κ1) is 17.8. The van der Waals surface area contributed by atoms with Crippen molar-refractivity contribution in [1.29, 1.82) is 0 Å². The van der Waals surface area contributed by atoms with E-state index in [1.807, 2.05) is 0 Å². The molecule has 2 N–H and O–H groups in total. The monoisotopic (exact) mass is 335 g/mol. The molecular formula is C12H17NO6S2. The van der Waals surface area contributed by atoms with E-state index in [1.165, 1.54) is 26.8 Å². The van der Waals surface area contributed by atoms with Crippen LogP contribution in [0.25, 0.3) is 0 Å². The summed E-state index contributed by atoms with van der Waals surface area (Å²) in [6, 6.07) is 1.43. The Kier molecular flexibility index (Phi) is 6.02. The lowest BCUT2D eigenvalue weighted by Crippen LogP contribution is -2.49. The van der Waals surface area contributed by atoms with Crippen LogP contribution in [0, 0.1) is 0 Å². The van der Waals surface area contributed by atoms with Crippen molar-refractivity contribution in [2.75, 3.05) is 0 Å². The van der Waals surface area contributed by atoms with Crippen LogP contribution >= 0.6 is 11.3 Å². The molecule has 0 saturated heterocycles. The molecule has 1 aromatic rings. The summed E-state index contributed by atoms with van der Waals surface area (Å²) in [5.74, 6) is -1.39. The molecule has 0 saturated carbocycles. The average molecular weight is 335 g/mol. The van der Waals surface area contributed by atoms with E-state index >= 15 is 0 Å². The lowest BCUT2D eigenvalue weighted by molar-refractivity contribution is -0.157. The molecule has 118 valence electrons. The van der Waals surface area contributed by atoms with E-state index in [9.17, 15) is 23.1 Å². The molecule has 7 nitrogen and oxygen atoms in total. The number of ether oxygens (including phenoxy) is 1. The maximum absolute atomic E-state index is 12.0. The number of rotatable bonds is 7. The van der Waals surface area contributed by atoms with Crippen molar-refractivity contribution >= 4 is 33.1 Å². The fourth-order valence-electron chi connectivity index (χ4n) is 1.32. The summed E-state index contributed by atoms with van der Waals surface area (Å²) in [6.07, 6.45) is -2.32. The average Bonchev–Trinajstić information content (AvgIpc) is 2.89. The number of carbonyl (C=O) groups excluding carboxylic acids is 2. The highest BCUT2D eigenvalue weighted by Gasteiger charge is 2.32. The number of sulfonamides is 1. The quantitative estimate of drug-likeness (QED) is 0.693. The number of carbonyl (C=O) groups is 2. The number of hydrogen-bond acceptors (Lipinski definition) is 7. The Morgan fingerprint density at radius 1 is 1.38 bits per heavy atom. The predicted octanol–water partition coefficient (Wildman–Crippen LogP) is 0.296. The molecule has 1 heterocycles. The van der Waals surface area contributed by atoms with Gasteiger partial charge in [-0.2, -0.15) is 4.72 Å². The molecule has 1 aromatic heterocycles. The number of esters is 1. The van der Waals surface area contributed by atoms with Gasteiger partial charge in [-0.1, -0.05) is 6.07 Å². The SMILES string of the molecule is CC(=O)C(C)OC(=O)C(NS(=O)(=O)c1cccs1)C(C)O. The largest absolute Gasteiger partial charge is 0.453 e. The van der Waals surface area contributed by atoms with Crippen molar-refractivity contribution in [2.24, 2.45) is 0 Å². The fourth-order valence-corrected chi connectivity index (χ4v) is 3.58. The number of ketones is 1. The third kappa shape index (κ3) is 4.88. The van der Waals surface area contributed by atoms with E-state index in [4.69, 9.17) is 4.74 Å². The number of aliphatic hydroxyl groups is 1. The second-order valence-electron chi connectivity index (χ2n) is 4.46. The second-order valence-corrected chi connectivity index (χ2v) is 7.35. The minimum Gasteiger partial charge on any atom is -0.453 e. The molecule has 0 fully saturated rings. The first-order valence-electron chi connectivity index (χ1n) is 6.10. The molecule has 0 radical (unpaired) electrons. The molecule has 0 aromatic carbocycles. The zero-order valence-corrected chi connectivity index (χ0v) is 13.4. The maximum Gasteiger partial charge on any atom is 0.327 e. The minimum atomic E-state index is -3.94. The van der Waals surface area contributed by atoms with Crippen LogP contribution in [0.2, 0.25) is 0 Å². The van der Waals surface area contributed by atoms with E-state index in [-0.39, 0.29) is 9.99 Å². The highest BCUT2D eigenvalue weighted by molar-refractivity contribution is 7.91. The van der Waals surface area contributed by atoms with Crippen LogP contribution in [-0.2, 0) is 24.3 Å². The molecule has 0 spiro atoms. The van der Waals surface area contributed by atoms with Gasteiger partial charge in [0.05, 0.1) is 6.10 Å². The maximum atomic E-state index is 12.0. The molecule has 9 heteroatoms. The van der Waals surface area contributed by atoms with Gasteiger partial charge >= 0.3 is 5.97 Å². The number of thiophene rings is 1. The van der Waals surface area contributed by atoms with Crippen molar-refractivity contribution < 1.29 is 27.9 Å². The summed E-state index contributed by atoms with van der Waals surface area (Å²) < 4.78 is 31.0. The molecule has 21 heavy (non-hydrogen) atoms. The minimum absolute atomic E-state index is 0.0144. The van der Waals surface area contributed by atoms with Crippen LogP contribution in [-0.4, -0.2) is 43.5 Å². The standard InChI is InChI=1S/C12H17NO6S2/c1-7(14)9(3)19-12(16)11(8(2)15)13-21(17,18)10-5-4-6-20-10/h4-6,8-9,11,13,15H,1-3H3. The molecular weight excluding hydrogens is 318 g/mol. The third-order valence-electron chi connectivity index (χ3n) is 2.64. The molecule has 0 amide bonds. The first-order chi connectivity index (χ1) is 9.65. The van der Waals surface area contributed by atoms with Gasteiger partial charge in [0.15, 0.2) is 11.9 Å². The van der Waals surface area contributed by atoms with Crippen LogP contribution in [0.5, 0.6) is 0 Å². The molecule has 3 atom stereocenters. The van der Waals surface area contributed by atoms with Crippen molar-refractivity contribution in [1.82, 2.24) is 4.72 Å². The van der Waals surface area contributed by atoms with Crippen molar-refractivity contribution in [3.05, 3.63) is 17.5 Å². The van der Waals surface area contributed by atoms with Gasteiger partial charge in [0, 0.05) is 0 Å². The van der Waals surface area contributed by atoms with Crippen LogP contribution in [0.15, 0.2) is 21.7 Å². The highest BCUT2D eigenvalue weighted by atomic mass is 32.2. The fraction of sp³-hybridized carbons (Fsp3) is 0.500. The van der Waals surface area contributed by atoms with Gasteiger partial charge in [-0.15, -0.1) is 11.3 Å². The molecule has 0 aliphatic carbocycles. The predicted molar refractivity (Wildman–Crippen MR) is 76.3 cm³/mol. The van der Waals surface area contributed by atoms with Crippen molar-refractivity contribution in [3.63, 3.8) is 0 Å². The topological polar surface area (TPSA) is 110 Å². The van der Waals surface area contributed by atoms with E-state index in [0.29, 0.717) is 0 Å². The Balaban J connectivity index is 2.88. The molecule has 0 bridgehead atoms. The number of Topliss-reactive ketones (excluding diaryl/α,β-unsaturated/α-hetero) is 1. The van der Waals surface area contributed by atoms with Gasteiger partial charge in [-0.05, 0) is 32.2 Å². The zero-order valence-electron chi connectivity index (χ0n) is 11.8. The van der Waals surface area contributed by atoms with Gasteiger partial charge in [-0.25, -0.2) is 8.42 Å². The van der Waals surface area contributed by atoms with Crippen molar-refractivity contribution in [3.8, 4) is 0 Å². The Bertz CT molecular complexity index is 593. The Morgan fingerprint density at radius 3 is 2.43 bits per heavy atom. The van der Waals surface area contributed by atoms with Gasteiger partial charge in [0.1, 0.15) is 10.3 Å². The van der Waals surface area contributed by atoms with Crippen molar-refractivity contribution in [2.45, 2.75) is 43.2 Å². The van der Waals surface area contributed by atoms with Gasteiger partial charge in [-0.3, -0.25) is 9.59 Å². The molecule has 3 unspecified atom stereocenters. The second kappa shape index (κ2) is 7.12. The summed E-state index contributed by atoms with van der Waals surface area (Å²) in [5.41, 5.74) is 0. The highest BCUT2D eigenvalue weighted by Crippen LogP contribution is 2.16. The van der Waals surface area contributed by atoms with E-state index in [0.717, 1.165) is 11.3 Å². The van der Waals surface area contributed by atoms with Crippen LogP contribution in [0.1, 0.15) is 20.8 Å². The van der Waals surface area contributed by atoms with Gasteiger partial charge < -0.3 is 9.84 Å². The number of hydrogen-bond donors (Lipinski definition) is 2. The smallest absolute Gasteiger partial charge is 0.327 e. The number of aliphatic hydroxyl groups excluding tert-OH is 1. The van der Waals surface area contributed by atoms with Gasteiger partial charge in [0.25, 0.3) is 10.0 Å². The summed E-state index contributed by atoms with van der Waals surface area (Å²) in [5, 5.41) is 11.2. The van der Waals surface area contributed by atoms with Crippen LogP contribution in [0.4, 0.5) is 0 Å². The molecule has 0 aliphatic heterocycles. The number of nitrogens with one attached hydrogen (secondary N) is 1.